The molecule has 1 unspecified atom stereocenters. The first-order chi connectivity index (χ1) is 8.18. The van der Waals surface area contributed by atoms with E-state index in [0.29, 0.717) is 11.9 Å². The molecular formula is C14H26N4. The molecule has 1 rings (SSSR count). The number of aromatic nitrogens is 2. The zero-order chi connectivity index (χ0) is 14.1. The van der Waals surface area contributed by atoms with Gasteiger partial charge in [0.2, 0.25) is 0 Å². The van der Waals surface area contributed by atoms with E-state index in [-0.39, 0.29) is 5.41 Å². The second-order valence-corrected chi connectivity index (χ2v) is 6.00. The van der Waals surface area contributed by atoms with Crippen LogP contribution in [-0.2, 0) is 5.41 Å². The van der Waals surface area contributed by atoms with E-state index in [9.17, 15) is 0 Å². The highest BCUT2D eigenvalue weighted by molar-refractivity contribution is 5.56. The van der Waals surface area contributed by atoms with Crippen molar-refractivity contribution in [2.45, 2.75) is 59.4 Å². The molecular weight excluding hydrogens is 224 g/mol. The third-order valence-electron chi connectivity index (χ3n) is 3.41. The van der Waals surface area contributed by atoms with Crippen LogP contribution in [0.3, 0.4) is 0 Å². The molecule has 1 aromatic heterocycles. The number of nitrogens with zero attached hydrogens (tertiary/aromatic N) is 3. The van der Waals surface area contributed by atoms with Gasteiger partial charge in [-0.2, -0.15) is 0 Å². The summed E-state index contributed by atoms with van der Waals surface area (Å²) < 4.78 is 0. The van der Waals surface area contributed by atoms with Crippen molar-refractivity contribution in [3.05, 3.63) is 11.4 Å². The minimum absolute atomic E-state index is 0.0904. The van der Waals surface area contributed by atoms with Gasteiger partial charge in [-0.1, -0.05) is 27.7 Å². The lowest BCUT2D eigenvalue weighted by Gasteiger charge is -2.28. The topological polar surface area (TPSA) is 55.0 Å². The second kappa shape index (κ2) is 5.12. The predicted molar refractivity (Wildman–Crippen MR) is 78.0 cm³/mol. The molecule has 18 heavy (non-hydrogen) atoms. The Hall–Kier alpha value is -1.32. The summed E-state index contributed by atoms with van der Waals surface area (Å²) in [4.78, 5) is 11.3. The SMILES string of the molecule is CCC(C)N(C)c1nc(C(C)(C)C)nc(N)c1C. The first-order valence-corrected chi connectivity index (χ1v) is 6.55. The highest BCUT2D eigenvalue weighted by atomic mass is 15.2. The van der Waals surface area contributed by atoms with Crippen LogP contribution in [0.1, 0.15) is 52.4 Å². The summed E-state index contributed by atoms with van der Waals surface area (Å²) in [5.41, 5.74) is 6.89. The van der Waals surface area contributed by atoms with E-state index < -0.39 is 0 Å². The van der Waals surface area contributed by atoms with Crippen molar-refractivity contribution in [1.29, 1.82) is 0 Å². The third-order valence-corrected chi connectivity index (χ3v) is 3.41. The Morgan fingerprint density at radius 3 is 2.28 bits per heavy atom. The first-order valence-electron chi connectivity index (χ1n) is 6.55. The summed E-state index contributed by atoms with van der Waals surface area (Å²) in [6.07, 6.45) is 1.07. The smallest absolute Gasteiger partial charge is 0.138 e. The van der Waals surface area contributed by atoms with Crippen molar-refractivity contribution < 1.29 is 0 Å². The second-order valence-electron chi connectivity index (χ2n) is 6.00. The van der Waals surface area contributed by atoms with Gasteiger partial charge in [0.1, 0.15) is 17.5 Å². The molecule has 4 heteroatoms. The molecule has 1 aromatic rings. The van der Waals surface area contributed by atoms with Crippen LogP contribution in [0.15, 0.2) is 0 Å². The normalized spacial score (nSPS) is 13.5. The summed E-state index contributed by atoms with van der Waals surface area (Å²) in [6, 6.07) is 0.436. The van der Waals surface area contributed by atoms with Crippen molar-refractivity contribution >= 4 is 11.6 Å². The molecule has 1 heterocycles. The highest BCUT2D eigenvalue weighted by Gasteiger charge is 2.22. The molecule has 102 valence electrons. The maximum absolute atomic E-state index is 6.02. The van der Waals surface area contributed by atoms with Crippen LogP contribution in [0, 0.1) is 6.92 Å². The molecule has 0 aliphatic rings. The Labute approximate surface area is 111 Å². The Morgan fingerprint density at radius 1 is 1.28 bits per heavy atom. The molecule has 0 spiro atoms. The van der Waals surface area contributed by atoms with Crippen LogP contribution in [0.25, 0.3) is 0 Å². The van der Waals surface area contributed by atoms with Gasteiger partial charge in [-0.25, -0.2) is 9.97 Å². The van der Waals surface area contributed by atoms with Crippen LogP contribution in [0.5, 0.6) is 0 Å². The lowest BCUT2D eigenvalue weighted by atomic mass is 9.95. The zero-order valence-corrected chi connectivity index (χ0v) is 12.7. The lowest BCUT2D eigenvalue weighted by Crippen LogP contribution is -2.31. The van der Waals surface area contributed by atoms with Crippen molar-refractivity contribution in [1.82, 2.24) is 9.97 Å². The number of rotatable bonds is 3. The molecule has 2 N–H and O–H groups in total. The fourth-order valence-corrected chi connectivity index (χ4v) is 1.68. The highest BCUT2D eigenvalue weighted by Crippen LogP contribution is 2.27. The van der Waals surface area contributed by atoms with Gasteiger partial charge in [0, 0.05) is 24.1 Å². The van der Waals surface area contributed by atoms with E-state index in [1.54, 1.807) is 0 Å². The van der Waals surface area contributed by atoms with Gasteiger partial charge in [-0.15, -0.1) is 0 Å². The average Bonchev–Trinajstić information content (AvgIpc) is 2.29. The largest absolute Gasteiger partial charge is 0.383 e. The molecule has 0 radical (unpaired) electrons. The molecule has 0 aliphatic carbocycles. The van der Waals surface area contributed by atoms with Crippen LogP contribution in [0.4, 0.5) is 11.6 Å². The first kappa shape index (κ1) is 14.7. The summed E-state index contributed by atoms with van der Waals surface area (Å²) in [6.45, 7) is 12.6. The number of hydrogen-bond donors (Lipinski definition) is 1. The quantitative estimate of drug-likeness (QED) is 0.896. The van der Waals surface area contributed by atoms with Gasteiger partial charge in [0.05, 0.1) is 0 Å². The summed E-state index contributed by atoms with van der Waals surface area (Å²) >= 11 is 0. The van der Waals surface area contributed by atoms with Gasteiger partial charge in [0.25, 0.3) is 0 Å². The minimum Gasteiger partial charge on any atom is -0.383 e. The van der Waals surface area contributed by atoms with Gasteiger partial charge < -0.3 is 10.6 Å². The fourth-order valence-electron chi connectivity index (χ4n) is 1.68. The van der Waals surface area contributed by atoms with E-state index in [2.05, 4.69) is 51.6 Å². The molecule has 0 saturated heterocycles. The summed E-state index contributed by atoms with van der Waals surface area (Å²) in [5, 5.41) is 0. The molecule has 0 amide bonds. The van der Waals surface area contributed by atoms with Crippen LogP contribution in [0.2, 0.25) is 0 Å². The summed E-state index contributed by atoms with van der Waals surface area (Å²) in [5.74, 6) is 2.33. The van der Waals surface area contributed by atoms with Gasteiger partial charge in [-0.3, -0.25) is 0 Å². The average molecular weight is 250 g/mol. The van der Waals surface area contributed by atoms with Crippen molar-refractivity contribution in [3.8, 4) is 0 Å². The Kier molecular flexibility index (Phi) is 4.20. The molecule has 0 bridgehead atoms. The predicted octanol–water partition coefficient (Wildman–Crippen LogP) is 2.90. The van der Waals surface area contributed by atoms with Gasteiger partial charge in [-0.05, 0) is 20.3 Å². The van der Waals surface area contributed by atoms with Crippen molar-refractivity contribution in [2.75, 3.05) is 17.7 Å². The summed E-state index contributed by atoms with van der Waals surface area (Å²) in [7, 11) is 2.06. The molecule has 0 aromatic carbocycles. The standard InChI is InChI=1S/C14H26N4/c1-8-9(2)18(7)12-10(3)11(15)16-13(17-12)14(4,5)6/h9H,8H2,1-7H3,(H2,15,16,17). The Balaban J connectivity index is 3.31. The molecule has 0 aliphatic heterocycles. The third kappa shape index (κ3) is 2.92. The molecule has 4 nitrogen and oxygen atoms in total. The Bertz CT molecular complexity index is 421. The molecule has 0 saturated carbocycles. The number of hydrogen-bond acceptors (Lipinski definition) is 4. The molecule has 0 fully saturated rings. The number of nitrogens with two attached hydrogens (primary N) is 1. The minimum atomic E-state index is -0.0904. The lowest BCUT2D eigenvalue weighted by molar-refractivity contribution is 0.542. The maximum atomic E-state index is 6.02. The zero-order valence-electron chi connectivity index (χ0n) is 12.7. The van der Waals surface area contributed by atoms with E-state index in [0.717, 1.165) is 23.6 Å². The fraction of sp³-hybridized carbons (Fsp3) is 0.714. The van der Waals surface area contributed by atoms with E-state index in [1.807, 2.05) is 6.92 Å². The van der Waals surface area contributed by atoms with E-state index in [4.69, 9.17) is 10.7 Å². The van der Waals surface area contributed by atoms with Crippen LogP contribution >= 0.6 is 0 Å². The monoisotopic (exact) mass is 250 g/mol. The van der Waals surface area contributed by atoms with Gasteiger partial charge >= 0.3 is 0 Å². The Morgan fingerprint density at radius 2 is 1.83 bits per heavy atom. The molecule has 1 atom stereocenters. The van der Waals surface area contributed by atoms with Crippen molar-refractivity contribution in [3.63, 3.8) is 0 Å². The maximum Gasteiger partial charge on any atom is 0.138 e. The van der Waals surface area contributed by atoms with Crippen LogP contribution in [-0.4, -0.2) is 23.1 Å². The number of anilines is 2. The van der Waals surface area contributed by atoms with Crippen LogP contribution < -0.4 is 10.6 Å². The van der Waals surface area contributed by atoms with E-state index >= 15 is 0 Å². The van der Waals surface area contributed by atoms with E-state index in [1.165, 1.54) is 0 Å². The van der Waals surface area contributed by atoms with Gasteiger partial charge in [0.15, 0.2) is 0 Å². The van der Waals surface area contributed by atoms with Crippen molar-refractivity contribution in [2.24, 2.45) is 0 Å². The number of nitrogen functional groups attached to an aromatic ring is 1.